The zero-order valence-corrected chi connectivity index (χ0v) is 14.0. The predicted octanol–water partition coefficient (Wildman–Crippen LogP) is 1.25. The molecule has 0 radical (unpaired) electrons. The quantitative estimate of drug-likeness (QED) is 0.693. The smallest absolute Gasteiger partial charge is 0.262 e. The first-order valence-corrected chi connectivity index (χ1v) is 7.67. The molecule has 1 aromatic rings. The van der Waals surface area contributed by atoms with Crippen LogP contribution in [0.25, 0.3) is 0 Å². The molecule has 6 nitrogen and oxygen atoms in total. The van der Waals surface area contributed by atoms with Gasteiger partial charge in [0.25, 0.3) is 5.92 Å². The largest absolute Gasteiger partial charge is 0.325 e. The summed E-state index contributed by atoms with van der Waals surface area (Å²) in [7, 11) is 0. The van der Waals surface area contributed by atoms with Gasteiger partial charge in [0.05, 0.1) is 18.5 Å². The molecule has 2 saturated heterocycles. The SMILES string of the molecule is Cl.O=C1CC(Cc2ccc(NC(=O)C3CC(F)(F)CN3)cc2)C(=O)N1. The van der Waals surface area contributed by atoms with Crippen molar-refractivity contribution in [1.82, 2.24) is 10.6 Å². The number of amides is 3. The third-order valence-corrected chi connectivity index (χ3v) is 4.20. The molecule has 0 aliphatic carbocycles. The lowest BCUT2D eigenvalue weighted by Gasteiger charge is -2.12. The van der Waals surface area contributed by atoms with E-state index in [4.69, 9.17) is 0 Å². The van der Waals surface area contributed by atoms with E-state index in [1.54, 1.807) is 24.3 Å². The molecule has 2 aliphatic heterocycles. The van der Waals surface area contributed by atoms with E-state index < -0.39 is 30.8 Å². The van der Waals surface area contributed by atoms with Gasteiger partial charge in [-0.3, -0.25) is 25.0 Å². The van der Waals surface area contributed by atoms with Crippen molar-refractivity contribution in [2.45, 2.75) is 31.2 Å². The number of alkyl halides is 2. The van der Waals surface area contributed by atoms with E-state index in [9.17, 15) is 23.2 Å². The lowest BCUT2D eigenvalue weighted by Crippen LogP contribution is -2.35. The molecule has 0 saturated carbocycles. The van der Waals surface area contributed by atoms with Gasteiger partial charge in [0.1, 0.15) is 0 Å². The fraction of sp³-hybridized carbons (Fsp3) is 0.438. The van der Waals surface area contributed by atoms with Gasteiger partial charge in [-0.15, -0.1) is 12.4 Å². The minimum atomic E-state index is -2.86. The Morgan fingerprint density at radius 3 is 2.44 bits per heavy atom. The van der Waals surface area contributed by atoms with E-state index in [1.165, 1.54) is 0 Å². The molecular formula is C16H18ClF2N3O3. The lowest BCUT2D eigenvalue weighted by molar-refractivity contribution is -0.125. The van der Waals surface area contributed by atoms with Crippen LogP contribution in [0.15, 0.2) is 24.3 Å². The van der Waals surface area contributed by atoms with Crippen molar-refractivity contribution in [2.75, 3.05) is 11.9 Å². The maximum Gasteiger partial charge on any atom is 0.262 e. The maximum atomic E-state index is 13.1. The normalized spacial score (nSPS) is 24.6. The molecule has 3 amide bonds. The highest BCUT2D eigenvalue weighted by molar-refractivity contribution is 6.03. The molecule has 25 heavy (non-hydrogen) atoms. The van der Waals surface area contributed by atoms with Crippen molar-refractivity contribution in [3.8, 4) is 0 Å². The molecule has 136 valence electrons. The summed E-state index contributed by atoms with van der Waals surface area (Å²) in [4.78, 5) is 34.7. The van der Waals surface area contributed by atoms with Crippen LogP contribution in [0.3, 0.4) is 0 Å². The molecule has 2 aliphatic rings. The number of imide groups is 1. The molecule has 2 atom stereocenters. The fourth-order valence-electron chi connectivity index (χ4n) is 2.91. The molecule has 3 rings (SSSR count). The van der Waals surface area contributed by atoms with Crippen molar-refractivity contribution in [3.05, 3.63) is 29.8 Å². The summed E-state index contributed by atoms with van der Waals surface area (Å²) in [6.45, 7) is -0.494. The zero-order valence-electron chi connectivity index (χ0n) is 13.2. The van der Waals surface area contributed by atoms with Crippen LogP contribution in [0.1, 0.15) is 18.4 Å². The van der Waals surface area contributed by atoms with Gasteiger partial charge in [0.15, 0.2) is 0 Å². The first-order valence-electron chi connectivity index (χ1n) is 7.67. The van der Waals surface area contributed by atoms with E-state index in [-0.39, 0.29) is 36.6 Å². The molecule has 2 unspecified atom stereocenters. The average Bonchev–Trinajstić information content (AvgIpc) is 3.03. The Balaban J connectivity index is 0.00000225. The Hall–Kier alpha value is -2.06. The number of hydrogen-bond acceptors (Lipinski definition) is 4. The van der Waals surface area contributed by atoms with E-state index >= 15 is 0 Å². The zero-order chi connectivity index (χ0) is 17.3. The van der Waals surface area contributed by atoms with Gasteiger partial charge in [0, 0.05) is 18.5 Å². The molecule has 1 aromatic carbocycles. The average molecular weight is 374 g/mol. The molecule has 2 fully saturated rings. The Labute approximate surface area is 149 Å². The number of anilines is 1. The van der Waals surface area contributed by atoms with Crippen LogP contribution in [-0.4, -0.2) is 36.2 Å². The van der Waals surface area contributed by atoms with E-state index in [1.807, 2.05) is 0 Å². The summed E-state index contributed by atoms with van der Waals surface area (Å²) in [6, 6.07) is 5.86. The number of nitrogens with one attached hydrogen (secondary N) is 3. The Morgan fingerprint density at radius 2 is 1.92 bits per heavy atom. The Bertz CT molecular complexity index is 682. The highest BCUT2D eigenvalue weighted by Gasteiger charge is 2.42. The van der Waals surface area contributed by atoms with Gasteiger partial charge < -0.3 is 5.32 Å². The molecule has 0 aromatic heterocycles. The number of carbonyl (C=O) groups is 3. The summed E-state index contributed by atoms with van der Waals surface area (Å²) in [5.74, 6) is -4.27. The number of rotatable bonds is 4. The highest BCUT2D eigenvalue weighted by atomic mass is 35.5. The number of halogens is 3. The van der Waals surface area contributed by atoms with Gasteiger partial charge in [-0.1, -0.05) is 12.1 Å². The van der Waals surface area contributed by atoms with E-state index in [2.05, 4.69) is 16.0 Å². The summed E-state index contributed by atoms with van der Waals surface area (Å²) in [5.41, 5.74) is 1.35. The van der Waals surface area contributed by atoms with Crippen LogP contribution in [0.4, 0.5) is 14.5 Å². The second-order valence-corrected chi connectivity index (χ2v) is 6.20. The van der Waals surface area contributed by atoms with Crippen LogP contribution in [0.2, 0.25) is 0 Å². The van der Waals surface area contributed by atoms with Crippen LogP contribution in [-0.2, 0) is 20.8 Å². The molecule has 3 N–H and O–H groups in total. The van der Waals surface area contributed by atoms with Crippen LogP contribution in [0.5, 0.6) is 0 Å². The van der Waals surface area contributed by atoms with Gasteiger partial charge in [-0.25, -0.2) is 8.78 Å². The lowest BCUT2D eigenvalue weighted by atomic mass is 9.98. The standard InChI is InChI=1S/C16H17F2N3O3.ClH/c17-16(18)7-12(19-8-16)15(24)20-11-3-1-9(2-4-11)5-10-6-13(22)21-14(10)23;/h1-4,10,12,19H,5-8H2,(H,20,24)(H,21,22,23);1H. The summed E-state index contributed by atoms with van der Waals surface area (Å²) >= 11 is 0. The van der Waals surface area contributed by atoms with Crippen molar-refractivity contribution >= 4 is 35.8 Å². The first kappa shape index (κ1) is 19.3. The summed E-state index contributed by atoms with van der Waals surface area (Å²) in [5, 5.41) is 7.35. The second-order valence-electron chi connectivity index (χ2n) is 6.20. The van der Waals surface area contributed by atoms with E-state index in [0.717, 1.165) is 5.56 Å². The van der Waals surface area contributed by atoms with Crippen LogP contribution < -0.4 is 16.0 Å². The molecule has 0 bridgehead atoms. The van der Waals surface area contributed by atoms with Crippen molar-refractivity contribution in [3.63, 3.8) is 0 Å². The molecule has 9 heteroatoms. The Morgan fingerprint density at radius 1 is 1.24 bits per heavy atom. The van der Waals surface area contributed by atoms with Gasteiger partial charge >= 0.3 is 0 Å². The van der Waals surface area contributed by atoms with Crippen molar-refractivity contribution in [2.24, 2.45) is 5.92 Å². The highest BCUT2D eigenvalue weighted by Crippen LogP contribution is 2.26. The van der Waals surface area contributed by atoms with Crippen molar-refractivity contribution in [1.29, 1.82) is 0 Å². The number of benzene rings is 1. The summed E-state index contributed by atoms with van der Waals surface area (Å²) < 4.78 is 26.2. The first-order chi connectivity index (χ1) is 11.3. The minimum Gasteiger partial charge on any atom is -0.325 e. The minimum absolute atomic E-state index is 0. The molecular weight excluding hydrogens is 356 g/mol. The second kappa shape index (κ2) is 7.45. The van der Waals surface area contributed by atoms with Crippen molar-refractivity contribution < 1.29 is 23.2 Å². The monoisotopic (exact) mass is 373 g/mol. The van der Waals surface area contributed by atoms with E-state index in [0.29, 0.717) is 12.1 Å². The topological polar surface area (TPSA) is 87.3 Å². The molecule has 2 heterocycles. The number of carbonyl (C=O) groups excluding carboxylic acids is 3. The third-order valence-electron chi connectivity index (χ3n) is 4.20. The van der Waals surface area contributed by atoms with Crippen LogP contribution in [0, 0.1) is 5.92 Å². The van der Waals surface area contributed by atoms with Gasteiger partial charge in [0.2, 0.25) is 17.7 Å². The maximum absolute atomic E-state index is 13.1. The Kier molecular flexibility index (Phi) is 5.74. The predicted molar refractivity (Wildman–Crippen MR) is 88.6 cm³/mol. The fourth-order valence-corrected chi connectivity index (χ4v) is 2.91. The summed E-state index contributed by atoms with van der Waals surface area (Å²) in [6.07, 6.45) is 0.100. The molecule has 0 spiro atoms. The number of hydrogen-bond donors (Lipinski definition) is 3. The third kappa shape index (κ3) is 4.73. The van der Waals surface area contributed by atoms with Crippen LogP contribution >= 0.6 is 12.4 Å². The van der Waals surface area contributed by atoms with Gasteiger partial charge in [-0.2, -0.15) is 0 Å². The van der Waals surface area contributed by atoms with Gasteiger partial charge in [-0.05, 0) is 24.1 Å².